The Hall–Kier alpha value is -3.86. The van der Waals surface area contributed by atoms with Crippen LogP contribution in [0.4, 0.5) is 18.0 Å². The lowest BCUT2D eigenvalue weighted by molar-refractivity contribution is -0.138. The smallest absolute Gasteiger partial charge is 0.353 e. The van der Waals surface area contributed by atoms with E-state index < -0.39 is 35.8 Å². The zero-order valence-corrected chi connectivity index (χ0v) is 22.1. The maximum atomic E-state index is 14.0. The molecule has 2 heterocycles. The van der Waals surface area contributed by atoms with Gasteiger partial charge < -0.3 is 20.4 Å². The average Bonchev–Trinajstić information content (AvgIpc) is 3.23. The number of carbonyl (C=O) groups is 3. The third kappa shape index (κ3) is 5.93. The molecule has 0 radical (unpaired) electrons. The minimum atomic E-state index is -4.69. The highest BCUT2D eigenvalue weighted by molar-refractivity contribution is 6.03. The van der Waals surface area contributed by atoms with E-state index >= 15 is 0 Å². The van der Waals surface area contributed by atoms with Crippen molar-refractivity contribution in [1.82, 2.24) is 25.3 Å². The summed E-state index contributed by atoms with van der Waals surface area (Å²) in [5.74, 6) is -0.947. The SMILES string of the molecule is CCN1C(=O)N[C@@H](c2ccccc2C(F)(F)F)C2=C1CN([C@H](Cc1ccccc1)C(=O)NCCN(C)C)C2=O. The van der Waals surface area contributed by atoms with Gasteiger partial charge in [0.15, 0.2) is 0 Å². The third-order valence-corrected chi connectivity index (χ3v) is 6.95. The minimum absolute atomic E-state index is 0.0484. The summed E-state index contributed by atoms with van der Waals surface area (Å²) < 4.78 is 41.8. The molecule has 208 valence electrons. The van der Waals surface area contributed by atoms with E-state index in [0.29, 0.717) is 18.8 Å². The molecule has 4 amide bonds. The fourth-order valence-electron chi connectivity index (χ4n) is 5.04. The summed E-state index contributed by atoms with van der Waals surface area (Å²) in [6.45, 7) is 2.80. The number of alkyl halides is 3. The zero-order valence-electron chi connectivity index (χ0n) is 22.1. The van der Waals surface area contributed by atoms with Gasteiger partial charge in [-0.3, -0.25) is 14.5 Å². The van der Waals surface area contributed by atoms with Crippen molar-refractivity contribution in [3.05, 3.63) is 82.6 Å². The van der Waals surface area contributed by atoms with E-state index in [9.17, 15) is 27.6 Å². The monoisotopic (exact) mass is 543 g/mol. The van der Waals surface area contributed by atoms with Crippen molar-refractivity contribution in [1.29, 1.82) is 0 Å². The van der Waals surface area contributed by atoms with Gasteiger partial charge in [0.25, 0.3) is 5.91 Å². The van der Waals surface area contributed by atoms with Crippen LogP contribution in [0.2, 0.25) is 0 Å². The highest BCUT2D eigenvalue weighted by atomic mass is 19.4. The van der Waals surface area contributed by atoms with Crippen LogP contribution in [0.25, 0.3) is 0 Å². The second kappa shape index (κ2) is 11.5. The molecule has 0 bridgehead atoms. The van der Waals surface area contributed by atoms with Crippen LogP contribution in [-0.2, 0) is 22.2 Å². The lowest BCUT2D eigenvalue weighted by Crippen LogP contribution is -2.50. The Morgan fingerprint density at radius 2 is 1.77 bits per heavy atom. The predicted octanol–water partition coefficient (Wildman–Crippen LogP) is 3.18. The van der Waals surface area contributed by atoms with Crippen LogP contribution in [0.15, 0.2) is 65.9 Å². The average molecular weight is 544 g/mol. The summed E-state index contributed by atoms with van der Waals surface area (Å²) in [4.78, 5) is 45.1. The molecule has 0 aromatic heterocycles. The first kappa shape index (κ1) is 28.2. The Labute approximate surface area is 225 Å². The van der Waals surface area contributed by atoms with Gasteiger partial charge in [-0.1, -0.05) is 48.5 Å². The maximum absolute atomic E-state index is 14.0. The summed E-state index contributed by atoms with van der Waals surface area (Å²) in [6.07, 6.45) is -4.48. The van der Waals surface area contributed by atoms with Gasteiger partial charge in [0.2, 0.25) is 5.91 Å². The molecule has 0 fully saturated rings. The Morgan fingerprint density at radius 1 is 1.10 bits per heavy atom. The van der Waals surface area contributed by atoms with Crippen LogP contribution >= 0.6 is 0 Å². The summed E-state index contributed by atoms with van der Waals surface area (Å²) >= 11 is 0. The number of nitrogens with zero attached hydrogens (tertiary/aromatic N) is 3. The van der Waals surface area contributed by atoms with E-state index in [1.807, 2.05) is 49.3 Å². The van der Waals surface area contributed by atoms with E-state index in [1.165, 1.54) is 28.0 Å². The number of hydrogen-bond acceptors (Lipinski definition) is 4. The molecule has 2 N–H and O–H groups in total. The first-order valence-electron chi connectivity index (χ1n) is 12.8. The maximum Gasteiger partial charge on any atom is 0.416 e. The van der Waals surface area contributed by atoms with Crippen molar-refractivity contribution in [3.63, 3.8) is 0 Å². The highest BCUT2D eigenvalue weighted by Gasteiger charge is 2.48. The van der Waals surface area contributed by atoms with Crippen LogP contribution in [0, 0.1) is 0 Å². The first-order chi connectivity index (χ1) is 18.5. The minimum Gasteiger partial charge on any atom is -0.353 e. The molecule has 2 aromatic carbocycles. The molecule has 2 aromatic rings. The first-order valence-corrected chi connectivity index (χ1v) is 12.8. The van der Waals surface area contributed by atoms with Gasteiger partial charge in [-0.05, 0) is 38.2 Å². The van der Waals surface area contributed by atoms with Crippen molar-refractivity contribution >= 4 is 17.8 Å². The van der Waals surface area contributed by atoms with E-state index in [1.54, 1.807) is 6.92 Å². The third-order valence-electron chi connectivity index (χ3n) is 6.95. The molecule has 0 saturated carbocycles. The van der Waals surface area contributed by atoms with Crippen LogP contribution in [0.1, 0.15) is 29.7 Å². The normalized spacial score (nSPS) is 18.4. The number of likely N-dealkylation sites (N-methyl/N-ethyl adjacent to an activating group) is 2. The number of hydrogen-bond donors (Lipinski definition) is 2. The Bertz CT molecular complexity index is 1260. The van der Waals surface area contributed by atoms with E-state index in [-0.39, 0.29) is 36.6 Å². The Kier molecular flexibility index (Phi) is 8.29. The van der Waals surface area contributed by atoms with Gasteiger partial charge >= 0.3 is 12.2 Å². The fourth-order valence-corrected chi connectivity index (χ4v) is 5.04. The zero-order chi connectivity index (χ0) is 28.3. The lowest BCUT2D eigenvalue weighted by Gasteiger charge is -2.33. The molecular weight excluding hydrogens is 511 g/mol. The largest absolute Gasteiger partial charge is 0.416 e. The standard InChI is InChI=1S/C28H32F3N5O3/c1-4-35-22-17-36(21(16-18-10-6-5-7-11-18)25(37)32-14-15-34(2)3)26(38)23(22)24(33-27(35)39)19-12-8-9-13-20(19)28(29,30)31/h5-13,21,24H,4,14-17H2,1-3H3,(H,32,37)(H,33,39)/t21-,24+/m1/s1. The second-order valence-electron chi connectivity index (χ2n) is 9.81. The highest BCUT2D eigenvalue weighted by Crippen LogP contribution is 2.42. The second-order valence-corrected chi connectivity index (χ2v) is 9.81. The van der Waals surface area contributed by atoms with Crippen molar-refractivity contribution < 1.29 is 27.6 Å². The molecule has 2 aliphatic rings. The summed E-state index contributed by atoms with van der Waals surface area (Å²) in [5.41, 5.74) is 0.0376. The summed E-state index contributed by atoms with van der Waals surface area (Å²) in [7, 11) is 3.75. The Balaban J connectivity index is 1.73. The molecule has 2 atom stereocenters. The van der Waals surface area contributed by atoms with Gasteiger partial charge in [-0.2, -0.15) is 13.2 Å². The number of carbonyl (C=O) groups excluding carboxylic acids is 3. The fraction of sp³-hybridized carbons (Fsp3) is 0.393. The van der Waals surface area contributed by atoms with Crippen LogP contribution in [0.3, 0.4) is 0 Å². The van der Waals surface area contributed by atoms with Gasteiger partial charge in [0, 0.05) is 26.1 Å². The lowest BCUT2D eigenvalue weighted by atomic mass is 9.91. The molecule has 2 aliphatic heterocycles. The van der Waals surface area contributed by atoms with Gasteiger partial charge in [0.05, 0.1) is 29.4 Å². The van der Waals surface area contributed by atoms with Gasteiger partial charge in [0.1, 0.15) is 6.04 Å². The quantitative estimate of drug-likeness (QED) is 0.509. The topological polar surface area (TPSA) is 85.0 Å². The van der Waals surface area contributed by atoms with E-state index in [4.69, 9.17) is 0 Å². The van der Waals surface area contributed by atoms with E-state index in [0.717, 1.165) is 11.6 Å². The van der Waals surface area contributed by atoms with Crippen molar-refractivity contribution in [2.24, 2.45) is 0 Å². The molecule has 39 heavy (non-hydrogen) atoms. The molecule has 4 rings (SSSR count). The van der Waals surface area contributed by atoms with Crippen LogP contribution in [-0.4, -0.2) is 78.9 Å². The van der Waals surface area contributed by atoms with Gasteiger partial charge in [-0.25, -0.2) is 4.79 Å². The Morgan fingerprint density at radius 3 is 2.41 bits per heavy atom. The number of amides is 4. The summed E-state index contributed by atoms with van der Waals surface area (Å²) in [6, 6.07) is 11.3. The van der Waals surface area contributed by atoms with Crippen molar-refractivity contribution in [2.75, 3.05) is 40.3 Å². The van der Waals surface area contributed by atoms with Gasteiger partial charge in [-0.15, -0.1) is 0 Å². The number of nitrogens with one attached hydrogen (secondary N) is 2. The van der Waals surface area contributed by atoms with Crippen molar-refractivity contribution in [3.8, 4) is 0 Å². The van der Waals surface area contributed by atoms with Crippen molar-refractivity contribution in [2.45, 2.75) is 31.6 Å². The number of rotatable bonds is 9. The molecular formula is C28H32F3N5O3. The number of benzene rings is 2. The predicted molar refractivity (Wildman–Crippen MR) is 139 cm³/mol. The molecule has 0 unspecified atom stereocenters. The molecule has 0 aliphatic carbocycles. The number of halogens is 3. The van der Waals surface area contributed by atoms with Crippen LogP contribution < -0.4 is 10.6 Å². The molecule has 8 nitrogen and oxygen atoms in total. The number of urea groups is 1. The van der Waals surface area contributed by atoms with E-state index in [2.05, 4.69) is 10.6 Å². The molecule has 0 saturated heterocycles. The van der Waals surface area contributed by atoms with Crippen LogP contribution in [0.5, 0.6) is 0 Å². The summed E-state index contributed by atoms with van der Waals surface area (Å²) in [5, 5.41) is 5.49. The molecule has 0 spiro atoms. The molecule has 11 heteroatoms.